The van der Waals surface area contributed by atoms with Crippen LogP contribution in [0.5, 0.6) is 5.88 Å². The fraction of sp³-hybridized carbons (Fsp3) is 0.583. The molecule has 0 saturated carbocycles. The van der Waals surface area contributed by atoms with Crippen molar-refractivity contribution in [2.24, 2.45) is 4.99 Å². The smallest absolute Gasteiger partial charge is 0.232 e. The number of guanidine groups is 1. The average molecular weight is 343 g/mol. The molecule has 20 heavy (non-hydrogen) atoms. The predicted octanol–water partition coefficient (Wildman–Crippen LogP) is 0.575. The molecule has 1 saturated heterocycles. The third-order valence-corrected chi connectivity index (χ3v) is 3.73. The molecule has 8 heteroatoms. The van der Waals surface area contributed by atoms with Gasteiger partial charge in [-0.2, -0.15) is 4.98 Å². The van der Waals surface area contributed by atoms with E-state index in [0.29, 0.717) is 11.8 Å². The average Bonchev–Trinajstić information content (AvgIpc) is 2.50. The van der Waals surface area contributed by atoms with Crippen LogP contribution >= 0.6 is 15.9 Å². The number of anilines is 1. The summed E-state index contributed by atoms with van der Waals surface area (Å²) in [6.45, 7) is 3.47. The Kier molecular flexibility index (Phi) is 4.99. The molecule has 0 atom stereocenters. The molecule has 0 amide bonds. The van der Waals surface area contributed by atoms with Crippen molar-refractivity contribution in [2.75, 3.05) is 52.3 Å². The van der Waals surface area contributed by atoms with Crippen LogP contribution in [0.25, 0.3) is 0 Å². The molecule has 7 nitrogen and oxygen atoms in total. The van der Waals surface area contributed by atoms with Gasteiger partial charge in [-0.1, -0.05) is 0 Å². The Bertz CT molecular complexity index is 487. The van der Waals surface area contributed by atoms with Crippen LogP contribution in [-0.2, 0) is 0 Å². The van der Waals surface area contributed by atoms with Gasteiger partial charge in [0.2, 0.25) is 11.8 Å². The maximum atomic E-state index is 5.21. The number of nitrogens with zero attached hydrogens (tertiary/aromatic N) is 5. The van der Waals surface area contributed by atoms with Gasteiger partial charge in [0.25, 0.3) is 0 Å². The van der Waals surface area contributed by atoms with E-state index in [4.69, 9.17) is 4.74 Å². The van der Waals surface area contributed by atoms with Crippen LogP contribution < -0.4 is 15.0 Å². The van der Waals surface area contributed by atoms with Gasteiger partial charge in [0.15, 0.2) is 5.96 Å². The number of halogens is 1. The lowest BCUT2D eigenvalue weighted by atomic mass is 10.3. The summed E-state index contributed by atoms with van der Waals surface area (Å²) in [5.41, 5.74) is 0. The summed E-state index contributed by atoms with van der Waals surface area (Å²) >= 11 is 3.36. The number of rotatable bonds is 2. The molecule has 1 aromatic rings. The SMILES string of the molecule is CN=C(NC)N1CCN(c2ncc(Br)c(OC)n2)CC1. The first-order chi connectivity index (χ1) is 9.69. The van der Waals surface area contributed by atoms with E-state index in [1.54, 1.807) is 20.4 Å². The molecule has 110 valence electrons. The highest BCUT2D eigenvalue weighted by Crippen LogP contribution is 2.23. The molecule has 0 aliphatic carbocycles. The highest BCUT2D eigenvalue weighted by molar-refractivity contribution is 9.10. The topological polar surface area (TPSA) is 65.9 Å². The van der Waals surface area contributed by atoms with Crippen molar-refractivity contribution in [3.8, 4) is 5.88 Å². The maximum Gasteiger partial charge on any atom is 0.232 e. The van der Waals surface area contributed by atoms with Gasteiger partial charge in [-0.05, 0) is 15.9 Å². The summed E-state index contributed by atoms with van der Waals surface area (Å²) in [6.07, 6.45) is 1.72. The van der Waals surface area contributed by atoms with Gasteiger partial charge in [0.1, 0.15) is 0 Å². The lowest BCUT2D eigenvalue weighted by Crippen LogP contribution is -2.52. The Labute approximate surface area is 127 Å². The highest BCUT2D eigenvalue weighted by Gasteiger charge is 2.21. The van der Waals surface area contributed by atoms with E-state index >= 15 is 0 Å². The number of nitrogens with one attached hydrogen (secondary N) is 1. The molecule has 1 aliphatic rings. The van der Waals surface area contributed by atoms with Gasteiger partial charge in [0, 0.05) is 40.3 Å². The van der Waals surface area contributed by atoms with Crippen LogP contribution in [0.3, 0.4) is 0 Å². The molecule has 1 N–H and O–H groups in total. The van der Waals surface area contributed by atoms with Crippen LogP contribution in [0, 0.1) is 0 Å². The van der Waals surface area contributed by atoms with E-state index in [2.05, 4.69) is 46.0 Å². The molecule has 2 rings (SSSR count). The van der Waals surface area contributed by atoms with Gasteiger partial charge in [-0.25, -0.2) is 4.98 Å². The van der Waals surface area contributed by atoms with E-state index in [0.717, 1.165) is 36.6 Å². The van der Waals surface area contributed by atoms with Crippen LogP contribution in [0.2, 0.25) is 0 Å². The fourth-order valence-corrected chi connectivity index (χ4v) is 2.52. The molecule has 0 unspecified atom stereocenters. The Hall–Kier alpha value is -1.57. The zero-order chi connectivity index (χ0) is 14.5. The van der Waals surface area contributed by atoms with Crippen LogP contribution in [0.15, 0.2) is 15.7 Å². The normalized spacial score (nSPS) is 16.3. The lowest BCUT2D eigenvalue weighted by molar-refractivity contribution is 0.368. The fourth-order valence-electron chi connectivity index (χ4n) is 2.17. The first-order valence-corrected chi connectivity index (χ1v) is 7.19. The zero-order valence-electron chi connectivity index (χ0n) is 11.9. The van der Waals surface area contributed by atoms with E-state index in [-0.39, 0.29) is 0 Å². The number of aliphatic imine (C=N–C) groups is 1. The summed E-state index contributed by atoms with van der Waals surface area (Å²) < 4.78 is 5.97. The van der Waals surface area contributed by atoms with Crippen molar-refractivity contribution < 1.29 is 4.74 Å². The van der Waals surface area contributed by atoms with E-state index in [9.17, 15) is 0 Å². The number of ether oxygens (including phenoxy) is 1. The number of aromatic nitrogens is 2. The second kappa shape index (κ2) is 6.74. The quantitative estimate of drug-likeness (QED) is 0.626. The monoisotopic (exact) mass is 342 g/mol. The lowest BCUT2D eigenvalue weighted by Gasteiger charge is -2.36. The van der Waals surface area contributed by atoms with Crippen LogP contribution in [0.4, 0.5) is 5.95 Å². The number of hydrogen-bond acceptors (Lipinski definition) is 5. The summed E-state index contributed by atoms with van der Waals surface area (Å²) in [4.78, 5) is 17.3. The van der Waals surface area contributed by atoms with Crippen molar-refractivity contribution in [3.05, 3.63) is 10.7 Å². The highest BCUT2D eigenvalue weighted by atomic mass is 79.9. The Morgan fingerprint density at radius 2 is 2.10 bits per heavy atom. The first kappa shape index (κ1) is 14.8. The second-order valence-corrected chi connectivity index (χ2v) is 5.15. The van der Waals surface area contributed by atoms with Gasteiger partial charge in [-0.3, -0.25) is 4.99 Å². The third kappa shape index (κ3) is 3.12. The van der Waals surface area contributed by atoms with Crippen molar-refractivity contribution in [2.45, 2.75) is 0 Å². The maximum absolute atomic E-state index is 5.21. The molecular weight excluding hydrogens is 324 g/mol. The van der Waals surface area contributed by atoms with Crippen molar-refractivity contribution in [1.82, 2.24) is 20.2 Å². The summed E-state index contributed by atoms with van der Waals surface area (Å²) in [5.74, 6) is 2.17. The van der Waals surface area contributed by atoms with E-state index in [1.165, 1.54) is 0 Å². The minimum absolute atomic E-state index is 0.559. The zero-order valence-corrected chi connectivity index (χ0v) is 13.5. The Balaban J connectivity index is 2.04. The van der Waals surface area contributed by atoms with Gasteiger partial charge < -0.3 is 19.9 Å². The van der Waals surface area contributed by atoms with Crippen molar-refractivity contribution in [3.63, 3.8) is 0 Å². The van der Waals surface area contributed by atoms with Gasteiger partial charge in [0.05, 0.1) is 17.8 Å². The molecular formula is C12H19BrN6O. The van der Waals surface area contributed by atoms with Crippen LogP contribution in [-0.4, -0.2) is 68.2 Å². The predicted molar refractivity (Wildman–Crippen MR) is 82.5 cm³/mol. The Morgan fingerprint density at radius 1 is 1.40 bits per heavy atom. The minimum Gasteiger partial charge on any atom is -0.480 e. The van der Waals surface area contributed by atoms with Crippen molar-refractivity contribution in [1.29, 1.82) is 0 Å². The van der Waals surface area contributed by atoms with E-state index in [1.807, 2.05) is 7.05 Å². The molecule has 0 spiro atoms. The summed E-state index contributed by atoms with van der Waals surface area (Å²) in [5, 5.41) is 3.10. The molecule has 2 heterocycles. The molecule has 1 aromatic heterocycles. The van der Waals surface area contributed by atoms with Gasteiger partial charge in [-0.15, -0.1) is 0 Å². The summed E-state index contributed by atoms with van der Waals surface area (Å²) in [7, 11) is 5.28. The molecule has 1 aliphatic heterocycles. The van der Waals surface area contributed by atoms with Gasteiger partial charge >= 0.3 is 0 Å². The van der Waals surface area contributed by atoms with Crippen molar-refractivity contribution >= 4 is 27.8 Å². The number of methoxy groups -OCH3 is 1. The third-order valence-electron chi connectivity index (χ3n) is 3.19. The first-order valence-electron chi connectivity index (χ1n) is 6.40. The standard InChI is InChI=1S/C12H19BrN6O/c1-14-11(15-2)18-4-6-19(7-5-18)12-16-8-9(13)10(17-12)20-3/h8H,4-7H2,1-3H3,(H,14,15). The molecule has 0 aromatic carbocycles. The number of hydrogen-bond donors (Lipinski definition) is 1. The largest absolute Gasteiger partial charge is 0.480 e. The molecule has 0 bridgehead atoms. The second-order valence-electron chi connectivity index (χ2n) is 4.30. The van der Waals surface area contributed by atoms with E-state index < -0.39 is 0 Å². The molecule has 1 fully saturated rings. The summed E-state index contributed by atoms with van der Waals surface area (Å²) in [6, 6.07) is 0. The molecule has 0 radical (unpaired) electrons. The number of piperazine rings is 1. The minimum atomic E-state index is 0.559. The Morgan fingerprint density at radius 3 is 2.65 bits per heavy atom. The van der Waals surface area contributed by atoms with Crippen LogP contribution in [0.1, 0.15) is 0 Å².